The molecule has 4 nitrogen and oxygen atoms in total. The summed E-state index contributed by atoms with van der Waals surface area (Å²) >= 11 is 3.29. The molecule has 0 saturated carbocycles. The average molecular weight is 288 g/mol. The Balaban J connectivity index is 2.77. The van der Waals surface area contributed by atoms with Crippen LogP contribution < -0.4 is 0 Å². The first kappa shape index (κ1) is 13.2. The predicted molar refractivity (Wildman–Crippen MR) is 64.2 cm³/mol. The zero-order valence-electron chi connectivity index (χ0n) is 8.77. The summed E-state index contributed by atoms with van der Waals surface area (Å²) in [6.45, 7) is 0.245. The maximum atomic E-state index is 11.9. The molecule has 0 saturated heterocycles. The van der Waals surface area contributed by atoms with Crippen molar-refractivity contribution in [2.75, 3.05) is 26.3 Å². The summed E-state index contributed by atoms with van der Waals surface area (Å²) in [6.07, 6.45) is 0. The van der Waals surface area contributed by atoms with Gasteiger partial charge < -0.3 is 15.1 Å². The van der Waals surface area contributed by atoms with Crippen LogP contribution in [-0.4, -0.2) is 47.3 Å². The number of hydrogen-bond donors (Lipinski definition) is 2. The van der Waals surface area contributed by atoms with Gasteiger partial charge in [-0.3, -0.25) is 4.79 Å². The van der Waals surface area contributed by atoms with Crippen molar-refractivity contribution in [2.24, 2.45) is 0 Å². The second kappa shape index (κ2) is 6.62. The molecule has 1 aromatic carbocycles. The van der Waals surface area contributed by atoms with Crippen LogP contribution in [0.2, 0.25) is 0 Å². The highest BCUT2D eigenvalue weighted by Crippen LogP contribution is 2.12. The summed E-state index contributed by atoms with van der Waals surface area (Å²) in [6, 6.07) is 6.97. The van der Waals surface area contributed by atoms with E-state index in [2.05, 4.69) is 15.9 Å². The fourth-order valence-corrected chi connectivity index (χ4v) is 1.60. The topological polar surface area (TPSA) is 60.8 Å². The third kappa shape index (κ3) is 3.59. The summed E-state index contributed by atoms with van der Waals surface area (Å²) in [4.78, 5) is 13.3. The Hall–Kier alpha value is -0.910. The minimum absolute atomic E-state index is 0.109. The predicted octanol–water partition coefficient (Wildman–Crippen LogP) is 0.876. The number of halogens is 1. The molecule has 0 bridgehead atoms. The summed E-state index contributed by atoms with van der Waals surface area (Å²) in [7, 11) is 0. The van der Waals surface area contributed by atoms with Gasteiger partial charge >= 0.3 is 0 Å². The van der Waals surface area contributed by atoms with Gasteiger partial charge in [0, 0.05) is 23.1 Å². The quantitative estimate of drug-likeness (QED) is 0.845. The molecule has 0 heterocycles. The number of benzene rings is 1. The van der Waals surface area contributed by atoms with Gasteiger partial charge in [-0.05, 0) is 24.3 Å². The van der Waals surface area contributed by atoms with E-state index in [4.69, 9.17) is 10.2 Å². The summed E-state index contributed by atoms with van der Waals surface area (Å²) in [5, 5.41) is 17.6. The van der Waals surface area contributed by atoms with Crippen molar-refractivity contribution in [3.05, 3.63) is 34.3 Å². The van der Waals surface area contributed by atoms with Crippen molar-refractivity contribution >= 4 is 21.8 Å². The van der Waals surface area contributed by atoms with Gasteiger partial charge in [0.05, 0.1) is 13.2 Å². The molecule has 1 amide bonds. The maximum Gasteiger partial charge on any atom is 0.254 e. The minimum Gasteiger partial charge on any atom is -0.395 e. The van der Waals surface area contributed by atoms with Gasteiger partial charge in [-0.2, -0.15) is 0 Å². The molecule has 1 rings (SSSR count). The first-order chi connectivity index (χ1) is 7.69. The molecule has 0 radical (unpaired) electrons. The van der Waals surface area contributed by atoms with Crippen LogP contribution in [0.15, 0.2) is 28.7 Å². The third-order valence-electron chi connectivity index (χ3n) is 2.12. The van der Waals surface area contributed by atoms with Gasteiger partial charge in [0.15, 0.2) is 0 Å². The van der Waals surface area contributed by atoms with Crippen LogP contribution >= 0.6 is 15.9 Å². The van der Waals surface area contributed by atoms with E-state index in [1.807, 2.05) is 0 Å². The van der Waals surface area contributed by atoms with Gasteiger partial charge in [0.2, 0.25) is 0 Å². The van der Waals surface area contributed by atoms with E-state index in [0.717, 1.165) is 4.47 Å². The Morgan fingerprint density at radius 3 is 2.06 bits per heavy atom. The van der Waals surface area contributed by atoms with Crippen LogP contribution in [0.4, 0.5) is 0 Å². The van der Waals surface area contributed by atoms with Crippen LogP contribution in [0.25, 0.3) is 0 Å². The van der Waals surface area contributed by atoms with Gasteiger partial charge in [-0.15, -0.1) is 0 Å². The zero-order valence-corrected chi connectivity index (χ0v) is 10.4. The Labute approximate surface area is 103 Å². The Bertz CT molecular complexity index is 334. The van der Waals surface area contributed by atoms with Crippen molar-refractivity contribution in [1.29, 1.82) is 0 Å². The fourth-order valence-electron chi connectivity index (χ4n) is 1.33. The highest BCUT2D eigenvalue weighted by Gasteiger charge is 2.14. The fraction of sp³-hybridized carbons (Fsp3) is 0.364. The number of hydrogen-bond acceptors (Lipinski definition) is 3. The van der Waals surface area contributed by atoms with E-state index < -0.39 is 0 Å². The van der Waals surface area contributed by atoms with Crippen molar-refractivity contribution < 1.29 is 15.0 Å². The molecule has 16 heavy (non-hydrogen) atoms. The molecule has 0 aliphatic heterocycles. The van der Waals surface area contributed by atoms with Crippen LogP contribution in [-0.2, 0) is 0 Å². The normalized spacial score (nSPS) is 10.2. The second-order valence-corrected chi connectivity index (χ2v) is 4.16. The molecule has 0 spiro atoms. The first-order valence-electron chi connectivity index (χ1n) is 4.95. The number of nitrogens with zero attached hydrogens (tertiary/aromatic N) is 1. The monoisotopic (exact) mass is 287 g/mol. The Kier molecular flexibility index (Phi) is 5.45. The molecule has 88 valence electrons. The summed E-state index contributed by atoms with van der Waals surface area (Å²) < 4.78 is 0.903. The number of aliphatic hydroxyl groups is 2. The number of carbonyl (C=O) groups is 1. The standard InChI is InChI=1S/C11H14BrNO3/c12-10-3-1-9(2-4-10)11(16)13(5-7-14)6-8-15/h1-4,14-15H,5-8H2. The molecule has 0 aliphatic rings. The summed E-state index contributed by atoms with van der Waals surface area (Å²) in [5.74, 6) is -0.185. The van der Waals surface area contributed by atoms with Crippen LogP contribution in [0.1, 0.15) is 10.4 Å². The zero-order chi connectivity index (χ0) is 12.0. The lowest BCUT2D eigenvalue weighted by atomic mass is 10.2. The molecule has 0 atom stereocenters. The minimum atomic E-state index is -0.185. The van der Waals surface area contributed by atoms with Gasteiger partial charge in [0.1, 0.15) is 0 Å². The lowest BCUT2D eigenvalue weighted by Gasteiger charge is -2.20. The molecule has 0 aromatic heterocycles. The molecule has 0 unspecified atom stereocenters. The molecular formula is C11H14BrNO3. The Morgan fingerprint density at radius 2 is 1.62 bits per heavy atom. The van der Waals surface area contributed by atoms with E-state index in [-0.39, 0.29) is 32.2 Å². The lowest BCUT2D eigenvalue weighted by Crippen LogP contribution is -2.35. The Morgan fingerprint density at radius 1 is 1.12 bits per heavy atom. The van der Waals surface area contributed by atoms with Gasteiger partial charge in [0.25, 0.3) is 5.91 Å². The average Bonchev–Trinajstić information content (AvgIpc) is 2.29. The maximum absolute atomic E-state index is 11.9. The molecule has 1 aromatic rings. The van der Waals surface area contributed by atoms with Gasteiger partial charge in [-0.1, -0.05) is 15.9 Å². The lowest BCUT2D eigenvalue weighted by molar-refractivity contribution is 0.0685. The van der Waals surface area contributed by atoms with Crippen molar-refractivity contribution in [1.82, 2.24) is 4.90 Å². The largest absolute Gasteiger partial charge is 0.395 e. The third-order valence-corrected chi connectivity index (χ3v) is 2.65. The molecule has 0 aliphatic carbocycles. The number of carbonyl (C=O) groups excluding carboxylic acids is 1. The molecule has 0 fully saturated rings. The van der Waals surface area contributed by atoms with E-state index >= 15 is 0 Å². The SMILES string of the molecule is O=C(c1ccc(Br)cc1)N(CCO)CCO. The molecule has 5 heteroatoms. The van der Waals surface area contributed by atoms with E-state index in [1.54, 1.807) is 24.3 Å². The highest BCUT2D eigenvalue weighted by molar-refractivity contribution is 9.10. The summed E-state index contributed by atoms with van der Waals surface area (Å²) in [5.41, 5.74) is 0.546. The molecular weight excluding hydrogens is 274 g/mol. The first-order valence-corrected chi connectivity index (χ1v) is 5.75. The second-order valence-electron chi connectivity index (χ2n) is 3.25. The van der Waals surface area contributed by atoms with Crippen molar-refractivity contribution in [2.45, 2.75) is 0 Å². The van der Waals surface area contributed by atoms with Crippen molar-refractivity contribution in [3.8, 4) is 0 Å². The van der Waals surface area contributed by atoms with Crippen molar-refractivity contribution in [3.63, 3.8) is 0 Å². The van der Waals surface area contributed by atoms with E-state index in [0.29, 0.717) is 5.56 Å². The number of aliphatic hydroxyl groups excluding tert-OH is 2. The van der Waals surface area contributed by atoms with Crippen LogP contribution in [0.5, 0.6) is 0 Å². The van der Waals surface area contributed by atoms with E-state index in [9.17, 15) is 4.79 Å². The number of rotatable bonds is 5. The van der Waals surface area contributed by atoms with Crippen LogP contribution in [0.3, 0.4) is 0 Å². The van der Waals surface area contributed by atoms with E-state index in [1.165, 1.54) is 4.90 Å². The van der Waals surface area contributed by atoms with Gasteiger partial charge in [-0.25, -0.2) is 0 Å². The highest BCUT2D eigenvalue weighted by atomic mass is 79.9. The molecule has 2 N–H and O–H groups in total. The van der Waals surface area contributed by atoms with Crippen LogP contribution in [0, 0.1) is 0 Å². The smallest absolute Gasteiger partial charge is 0.254 e. The number of amides is 1.